The van der Waals surface area contributed by atoms with Gasteiger partial charge in [0.25, 0.3) is 5.91 Å². The molecule has 0 bridgehead atoms. The lowest BCUT2D eigenvalue weighted by atomic mass is 10.1. The summed E-state index contributed by atoms with van der Waals surface area (Å²) in [7, 11) is -3.26. The van der Waals surface area contributed by atoms with Gasteiger partial charge in [-0.2, -0.15) is 9.40 Å². The predicted octanol–water partition coefficient (Wildman–Crippen LogP) is 0.805. The van der Waals surface area contributed by atoms with Gasteiger partial charge in [0.05, 0.1) is 29.6 Å². The molecule has 2 aromatic heterocycles. The molecule has 1 amide bonds. The largest absolute Gasteiger partial charge is 0.352 e. The minimum atomic E-state index is -3.26. The standard InChI is InChI=1S/C16H21N5O3S/c1-2-25(23,24)20-11-14(21-15(12-20)6-9-19-21)5-8-18-16(22)13-4-3-7-17-10-13/h3-4,6-7,9-10,14H,2,5,8,11-12H2,1H3,(H,18,22)/t14-/m1/s1. The van der Waals surface area contributed by atoms with Crippen molar-refractivity contribution >= 4 is 15.9 Å². The van der Waals surface area contributed by atoms with E-state index < -0.39 is 10.0 Å². The van der Waals surface area contributed by atoms with Crippen LogP contribution >= 0.6 is 0 Å². The Morgan fingerprint density at radius 1 is 1.36 bits per heavy atom. The second-order valence-electron chi connectivity index (χ2n) is 5.90. The minimum Gasteiger partial charge on any atom is -0.352 e. The van der Waals surface area contributed by atoms with Crippen LogP contribution in [0.2, 0.25) is 0 Å². The Kier molecular flexibility index (Phi) is 5.14. The van der Waals surface area contributed by atoms with Crippen molar-refractivity contribution in [3.8, 4) is 0 Å². The molecule has 0 aromatic carbocycles. The van der Waals surface area contributed by atoms with Crippen molar-refractivity contribution < 1.29 is 13.2 Å². The molecule has 0 spiro atoms. The van der Waals surface area contributed by atoms with Gasteiger partial charge in [0.2, 0.25) is 10.0 Å². The normalized spacial score (nSPS) is 17.9. The van der Waals surface area contributed by atoms with Crippen molar-refractivity contribution in [2.24, 2.45) is 0 Å². The van der Waals surface area contributed by atoms with Gasteiger partial charge in [0.15, 0.2) is 0 Å². The van der Waals surface area contributed by atoms with E-state index in [2.05, 4.69) is 15.4 Å². The summed E-state index contributed by atoms with van der Waals surface area (Å²) in [6.07, 6.45) is 5.40. The van der Waals surface area contributed by atoms with Crippen LogP contribution < -0.4 is 5.32 Å². The molecule has 1 N–H and O–H groups in total. The van der Waals surface area contributed by atoms with Crippen LogP contribution in [0.1, 0.15) is 35.4 Å². The molecule has 1 atom stereocenters. The SMILES string of the molecule is CCS(=O)(=O)N1Cc2ccnn2[C@H](CCNC(=O)c2cccnc2)C1. The Morgan fingerprint density at radius 3 is 2.92 bits per heavy atom. The molecule has 9 heteroatoms. The Balaban J connectivity index is 1.64. The molecule has 0 saturated heterocycles. The molecule has 0 unspecified atom stereocenters. The third-order valence-electron chi connectivity index (χ3n) is 4.30. The zero-order chi connectivity index (χ0) is 17.9. The van der Waals surface area contributed by atoms with Crippen LogP contribution in [0.15, 0.2) is 36.8 Å². The van der Waals surface area contributed by atoms with Crippen LogP contribution in [0, 0.1) is 0 Å². The number of amides is 1. The molecule has 0 aliphatic carbocycles. The summed E-state index contributed by atoms with van der Waals surface area (Å²) in [6, 6.07) is 5.14. The number of pyridine rings is 1. The van der Waals surface area contributed by atoms with Gasteiger partial charge in [-0.15, -0.1) is 0 Å². The third-order valence-corrected chi connectivity index (χ3v) is 6.09. The van der Waals surface area contributed by atoms with Crippen molar-refractivity contribution in [1.82, 2.24) is 24.4 Å². The number of hydrogen-bond acceptors (Lipinski definition) is 5. The number of sulfonamides is 1. The van der Waals surface area contributed by atoms with Crippen molar-refractivity contribution in [3.05, 3.63) is 48.0 Å². The number of nitrogens with one attached hydrogen (secondary N) is 1. The lowest BCUT2D eigenvalue weighted by Crippen LogP contribution is -2.42. The van der Waals surface area contributed by atoms with E-state index in [1.54, 1.807) is 31.5 Å². The highest BCUT2D eigenvalue weighted by molar-refractivity contribution is 7.89. The summed E-state index contributed by atoms with van der Waals surface area (Å²) in [5.41, 5.74) is 1.37. The molecule has 0 radical (unpaired) electrons. The first-order valence-corrected chi connectivity index (χ1v) is 9.80. The maximum absolute atomic E-state index is 12.2. The number of hydrogen-bond donors (Lipinski definition) is 1. The molecular formula is C16H21N5O3S. The highest BCUT2D eigenvalue weighted by atomic mass is 32.2. The second kappa shape index (κ2) is 7.32. The topological polar surface area (TPSA) is 97.2 Å². The maximum Gasteiger partial charge on any atom is 0.252 e. The Morgan fingerprint density at radius 2 is 2.20 bits per heavy atom. The van der Waals surface area contributed by atoms with Crippen LogP contribution in [0.3, 0.4) is 0 Å². The highest BCUT2D eigenvalue weighted by Gasteiger charge is 2.31. The predicted molar refractivity (Wildman–Crippen MR) is 92.3 cm³/mol. The lowest BCUT2D eigenvalue weighted by Gasteiger charge is -2.33. The number of fused-ring (bicyclic) bond motifs is 1. The smallest absolute Gasteiger partial charge is 0.252 e. The second-order valence-corrected chi connectivity index (χ2v) is 8.16. The van der Waals surface area contributed by atoms with E-state index in [9.17, 15) is 13.2 Å². The van der Waals surface area contributed by atoms with Gasteiger partial charge in [0, 0.05) is 31.7 Å². The molecule has 2 aromatic rings. The summed E-state index contributed by atoms with van der Waals surface area (Å²) >= 11 is 0. The first-order chi connectivity index (χ1) is 12.0. The van der Waals surface area contributed by atoms with Crippen LogP contribution in [0.25, 0.3) is 0 Å². The lowest BCUT2D eigenvalue weighted by molar-refractivity contribution is 0.0949. The Labute approximate surface area is 146 Å². The molecule has 134 valence electrons. The number of carbonyl (C=O) groups is 1. The summed E-state index contributed by atoms with van der Waals surface area (Å²) in [5.74, 6) is -0.117. The maximum atomic E-state index is 12.2. The third kappa shape index (κ3) is 3.88. The number of carbonyl (C=O) groups excluding carboxylic acids is 1. The van der Waals surface area contributed by atoms with Crippen molar-refractivity contribution in [1.29, 1.82) is 0 Å². The van der Waals surface area contributed by atoms with Crippen LogP contribution in [0.4, 0.5) is 0 Å². The fraction of sp³-hybridized carbons (Fsp3) is 0.438. The molecular weight excluding hydrogens is 342 g/mol. The molecule has 3 heterocycles. The molecule has 1 aliphatic heterocycles. The quantitative estimate of drug-likeness (QED) is 0.819. The Bertz CT molecular complexity index is 834. The van der Waals surface area contributed by atoms with Gasteiger partial charge in [0.1, 0.15) is 0 Å². The van der Waals surface area contributed by atoms with Crippen molar-refractivity contribution in [2.45, 2.75) is 25.9 Å². The van der Waals surface area contributed by atoms with Gasteiger partial charge < -0.3 is 5.32 Å². The van der Waals surface area contributed by atoms with Gasteiger partial charge >= 0.3 is 0 Å². The summed E-state index contributed by atoms with van der Waals surface area (Å²) in [5, 5.41) is 7.16. The zero-order valence-corrected chi connectivity index (χ0v) is 14.8. The van der Waals surface area contributed by atoms with E-state index in [1.807, 2.05) is 10.7 Å². The van der Waals surface area contributed by atoms with E-state index in [1.165, 1.54) is 10.5 Å². The minimum absolute atomic E-state index is 0.0750. The van der Waals surface area contributed by atoms with E-state index in [-0.39, 0.29) is 17.7 Å². The molecule has 0 saturated carbocycles. The van der Waals surface area contributed by atoms with Crippen LogP contribution in [0.5, 0.6) is 0 Å². The first-order valence-electron chi connectivity index (χ1n) is 8.19. The van der Waals surface area contributed by atoms with Crippen LogP contribution in [-0.2, 0) is 16.6 Å². The van der Waals surface area contributed by atoms with Crippen molar-refractivity contribution in [2.75, 3.05) is 18.8 Å². The van der Waals surface area contributed by atoms with Crippen LogP contribution in [-0.4, -0.2) is 52.2 Å². The monoisotopic (exact) mass is 363 g/mol. The van der Waals surface area contributed by atoms with Gasteiger partial charge in [-0.1, -0.05) is 0 Å². The first kappa shape index (κ1) is 17.6. The average molecular weight is 363 g/mol. The fourth-order valence-electron chi connectivity index (χ4n) is 2.91. The number of nitrogens with zero attached hydrogens (tertiary/aromatic N) is 4. The molecule has 8 nitrogen and oxygen atoms in total. The molecule has 25 heavy (non-hydrogen) atoms. The Hall–Kier alpha value is -2.26. The van der Waals surface area contributed by atoms with E-state index in [4.69, 9.17) is 0 Å². The molecule has 0 fully saturated rings. The number of aromatic nitrogens is 3. The van der Waals surface area contributed by atoms with E-state index in [0.29, 0.717) is 31.6 Å². The molecule has 3 rings (SSSR count). The summed E-state index contributed by atoms with van der Waals surface area (Å²) in [6.45, 7) is 2.78. The van der Waals surface area contributed by atoms with Gasteiger partial charge in [-0.3, -0.25) is 14.5 Å². The highest BCUT2D eigenvalue weighted by Crippen LogP contribution is 2.24. The van der Waals surface area contributed by atoms with E-state index in [0.717, 1.165) is 5.69 Å². The van der Waals surface area contributed by atoms with E-state index >= 15 is 0 Å². The summed E-state index contributed by atoms with van der Waals surface area (Å²) < 4.78 is 27.8. The van der Waals surface area contributed by atoms with Crippen molar-refractivity contribution in [3.63, 3.8) is 0 Å². The van der Waals surface area contributed by atoms with Gasteiger partial charge in [-0.05, 0) is 31.5 Å². The van der Waals surface area contributed by atoms with Gasteiger partial charge in [-0.25, -0.2) is 8.42 Å². The summed E-state index contributed by atoms with van der Waals surface area (Å²) in [4.78, 5) is 16.0. The molecule has 1 aliphatic rings. The fourth-order valence-corrected chi connectivity index (χ4v) is 4.01. The number of rotatable bonds is 6. The average Bonchev–Trinajstić information content (AvgIpc) is 3.11. The zero-order valence-electron chi connectivity index (χ0n) is 14.0.